The standard InChI is InChI=1S/C23H50IN3/c1-10-20(5)26-18-14-16-22(8,9)23(11-2,27-24)21(6,7)15-12-13-17-25-19(3)4/h19-20,25-27H,10-18H2,1-9H3. The molecule has 2 atom stereocenters. The van der Waals surface area contributed by atoms with Gasteiger partial charge in [0.05, 0.1) is 0 Å². The highest BCUT2D eigenvalue weighted by atomic mass is 127. The SMILES string of the molecule is CCC(C)NCCCC(C)(C)C(CC)(NI)C(C)(C)CCCCNC(C)C. The van der Waals surface area contributed by atoms with Crippen molar-refractivity contribution in [1.29, 1.82) is 0 Å². The van der Waals surface area contributed by atoms with Crippen LogP contribution in [0, 0.1) is 10.8 Å². The van der Waals surface area contributed by atoms with Gasteiger partial charge in [-0.05, 0) is 69.4 Å². The van der Waals surface area contributed by atoms with Crippen molar-refractivity contribution < 1.29 is 0 Å². The van der Waals surface area contributed by atoms with Gasteiger partial charge in [0.25, 0.3) is 0 Å². The smallest absolute Gasteiger partial charge is 0.0373 e. The first-order valence-corrected chi connectivity index (χ1v) is 12.4. The average molecular weight is 496 g/mol. The van der Waals surface area contributed by atoms with E-state index in [0.29, 0.717) is 12.1 Å². The maximum Gasteiger partial charge on any atom is 0.0373 e. The first kappa shape index (κ1) is 27.6. The van der Waals surface area contributed by atoms with Crippen molar-refractivity contribution >= 4 is 22.9 Å². The first-order chi connectivity index (χ1) is 12.5. The maximum atomic E-state index is 3.80. The Balaban J connectivity index is 4.91. The Hall–Kier alpha value is 0.610. The van der Waals surface area contributed by atoms with Crippen molar-refractivity contribution in [1.82, 2.24) is 14.2 Å². The molecule has 0 fully saturated rings. The van der Waals surface area contributed by atoms with E-state index in [4.69, 9.17) is 0 Å². The predicted octanol–water partition coefficient (Wildman–Crippen LogP) is 6.46. The second-order valence-electron chi connectivity index (χ2n) is 10.1. The van der Waals surface area contributed by atoms with Gasteiger partial charge < -0.3 is 10.6 Å². The molecule has 0 amide bonds. The maximum absolute atomic E-state index is 3.80. The minimum Gasteiger partial charge on any atom is -0.315 e. The van der Waals surface area contributed by atoms with Crippen molar-refractivity contribution in [3.05, 3.63) is 0 Å². The minimum atomic E-state index is 0.141. The highest BCUT2D eigenvalue weighted by Gasteiger charge is 2.52. The third-order valence-corrected chi connectivity index (χ3v) is 7.79. The van der Waals surface area contributed by atoms with E-state index >= 15 is 0 Å². The summed E-state index contributed by atoms with van der Waals surface area (Å²) in [6.07, 6.45) is 8.69. The quantitative estimate of drug-likeness (QED) is 0.131. The van der Waals surface area contributed by atoms with E-state index in [1.54, 1.807) is 0 Å². The molecule has 2 unspecified atom stereocenters. The highest BCUT2D eigenvalue weighted by molar-refractivity contribution is 14.1. The molecule has 0 saturated carbocycles. The van der Waals surface area contributed by atoms with Gasteiger partial charge in [0.15, 0.2) is 0 Å². The van der Waals surface area contributed by atoms with Crippen LogP contribution in [0.1, 0.15) is 107 Å². The van der Waals surface area contributed by atoms with Crippen molar-refractivity contribution in [3.8, 4) is 0 Å². The van der Waals surface area contributed by atoms with Gasteiger partial charge in [0.1, 0.15) is 0 Å². The van der Waals surface area contributed by atoms with Crippen molar-refractivity contribution in [2.24, 2.45) is 10.8 Å². The van der Waals surface area contributed by atoms with Gasteiger partial charge in [-0.3, -0.25) is 3.53 Å². The number of halogens is 1. The zero-order valence-corrected chi connectivity index (χ0v) is 22.1. The molecule has 0 aromatic rings. The molecule has 0 radical (unpaired) electrons. The predicted molar refractivity (Wildman–Crippen MR) is 132 cm³/mol. The number of hydrogen-bond donors (Lipinski definition) is 3. The van der Waals surface area contributed by atoms with Crippen LogP contribution in [0.15, 0.2) is 0 Å². The van der Waals surface area contributed by atoms with Crippen molar-refractivity contribution in [3.63, 3.8) is 0 Å². The molecular formula is C23H50IN3. The summed E-state index contributed by atoms with van der Waals surface area (Å²) in [5.74, 6) is 0. The van der Waals surface area contributed by atoms with Crippen molar-refractivity contribution in [2.75, 3.05) is 13.1 Å². The van der Waals surface area contributed by atoms with E-state index in [0.717, 1.165) is 13.1 Å². The Kier molecular flexibility index (Phi) is 13.3. The molecular weight excluding hydrogens is 445 g/mol. The lowest BCUT2D eigenvalue weighted by Gasteiger charge is -2.56. The van der Waals surface area contributed by atoms with Crippen LogP contribution in [-0.4, -0.2) is 30.7 Å². The lowest BCUT2D eigenvalue weighted by molar-refractivity contribution is 0.00637. The second kappa shape index (κ2) is 13.0. The highest BCUT2D eigenvalue weighted by Crippen LogP contribution is 2.51. The van der Waals surface area contributed by atoms with Gasteiger partial charge in [-0.25, -0.2) is 0 Å². The summed E-state index contributed by atoms with van der Waals surface area (Å²) < 4.78 is 3.80. The number of nitrogens with one attached hydrogen (secondary N) is 3. The molecule has 0 aliphatic rings. The molecule has 0 rings (SSSR count). The summed E-state index contributed by atoms with van der Waals surface area (Å²) in [5.41, 5.74) is 0.649. The molecule has 3 N–H and O–H groups in total. The number of rotatable bonds is 16. The van der Waals surface area contributed by atoms with E-state index in [1.165, 1.54) is 44.9 Å². The zero-order valence-electron chi connectivity index (χ0n) is 19.9. The van der Waals surface area contributed by atoms with Gasteiger partial charge in [-0.15, -0.1) is 0 Å². The molecule has 0 saturated heterocycles. The Bertz CT molecular complexity index is 376. The number of hydrogen-bond acceptors (Lipinski definition) is 3. The largest absolute Gasteiger partial charge is 0.315 e. The Labute approximate surface area is 185 Å². The van der Waals surface area contributed by atoms with E-state index in [2.05, 4.69) is 99.3 Å². The van der Waals surface area contributed by atoms with Crippen LogP contribution in [0.5, 0.6) is 0 Å². The lowest BCUT2D eigenvalue weighted by Crippen LogP contribution is -2.61. The van der Waals surface area contributed by atoms with Gasteiger partial charge in [-0.2, -0.15) is 0 Å². The second-order valence-corrected chi connectivity index (χ2v) is 10.6. The normalized spacial score (nSPS) is 16.6. The van der Waals surface area contributed by atoms with Crippen LogP contribution < -0.4 is 14.2 Å². The summed E-state index contributed by atoms with van der Waals surface area (Å²) in [6, 6.07) is 1.22. The Morgan fingerprint density at radius 3 is 1.74 bits per heavy atom. The molecule has 0 aromatic heterocycles. The van der Waals surface area contributed by atoms with Crippen LogP contribution in [-0.2, 0) is 0 Å². The van der Waals surface area contributed by atoms with Gasteiger partial charge in [0, 0.05) is 40.5 Å². The minimum absolute atomic E-state index is 0.141. The number of unbranched alkanes of at least 4 members (excludes halogenated alkanes) is 1. The zero-order chi connectivity index (χ0) is 21.1. The summed E-state index contributed by atoms with van der Waals surface area (Å²) >= 11 is 2.43. The van der Waals surface area contributed by atoms with Gasteiger partial charge >= 0.3 is 0 Å². The fraction of sp³-hybridized carbons (Fsp3) is 1.00. The van der Waals surface area contributed by atoms with Crippen LogP contribution in [0.4, 0.5) is 0 Å². The van der Waals surface area contributed by atoms with E-state index < -0.39 is 0 Å². The van der Waals surface area contributed by atoms with E-state index in [9.17, 15) is 0 Å². The molecule has 27 heavy (non-hydrogen) atoms. The fourth-order valence-corrected chi connectivity index (χ4v) is 6.57. The monoisotopic (exact) mass is 495 g/mol. The van der Waals surface area contributed by atoms with Crippen LogP contribution >= 0.6 is 22.9 Å². The Morgan fingerprint density at radius 2 is 1.30 bits per heavy atom. The summed E-state index contributed by atoms with van der Waals surface area (Å²) in [5, 5.41) is 7.21. The van der Waals surface area contributed by atoms with E-state index in [1.807, 2.05) is 0 Å². The summed E-state index contributed by atoms with van der Waals surface area (Å²) in [7, 11) is 0. The molecule has 0 heterocycles. The van der Waals surface area contributed by atoms with Gasteiger partial charge in [-0.1, -0.05) is 61.8 Å². The molecule has 0 aromatic carbocycles. The van der Waals surface area contributed by atoms with Crippen LogP contribution in [0.2, 0.25) is 0 Å². The van der Waals surface area contributed by atoms with Crippen LogP contribution in [0.3, 0.4) is 0 Å². The third kappa shape index (κ3) is 8.47. The topological polar surface area (TPSA) is 36.1 Å². The fourth-order valence-electron chi connectivity index (χ4n) is 4.73. The average Bonchev–Trinajstić information content (AvgIpc) is 2.58. The lowest BCUT2D eigenvalue weighted by atomic mass is 9.55. The molecule has 0 aliphatic carbocycles. The Morgan fingerprint density at radius 1 is 0.778 bits per heavy atom. The third-order valence-electron chi connectivity index (χ3n) is 6.87. The summed E-state index contributed by atoms with van der Waals surface area (Å²) in [6.45, 7) is 23.5. The molecule has 0 spiro atoms. The molecule has 3 nitrogen and oxygen atoms in total. The summed E-state index contributed by atoms with van der Waals surface area (Å²) in [4.78, 5) is 0. The van der Waals surface area contributed by atoms with Crippen LogP contribution in [0.25, 0.3) is 0 Å². The van der Waals surface area contributed by atoms with Gasteiger partial charge in [0.2, 0.25) is 0 Å². The molecule has 164 valence electrons. The molecule has 4 heteroatoms. The van der Waals surface area contributed by atoms with Crippen molar-refractivity contribution in [2.45, 2.75) is 125 Å². The molecule has 0 aliphatic heterocycles. The molecule has 0 bridgehead atoms. The van der Waals surface area contributed by atoms with E-state index in [-0.39, 0.29) is 16.4 Å². The first-order valence-electron chi connectivity index (χ1n) is 11.3.